The summed E-state index contributed by atoms with van der Waals surface area (Å²) >= 11 is 5.61. The van der Waals surface area contributed by atoms with Crippen molar-refractivity contribution in [1.29, 1.82) is 0 Å². The van der Waals surface area contributed by atoms with Gasteiger partial charge in [-0.25, -0.2) is 4.39 Å². The molecule has 0 unspecified atom stereocenters. The van der Waals surface area contributed by atoms with Crippen molar-refractivity contribution in [3.8, 4) is 0 Å². The van der Waals surface area contributed by atoms with Gasteiger partial charge in [0.2, 0.25) is 11.8 Å². The molecule has 45 heavy (non-hydrogen) atoms. The zero-order valence-corrected chi connectivity index (χ0v) is 27.3. The van der Waals surface area contributed by atoms with Crippen molar-refractivity contribution in [3.63, 3.8) is 0 Å². The van der Waals surface area contributed by atoms with Crippen LogP contribution in [0.1, 0.15) is 81.8 Å². The highest BCUT2D eigenvalue weighted by Crippen LogP contribution is 2.46. The van der Waals surface area contributed by atoms with Gasteiger partial charge in [0.15, 0.2) is 11.2 Å². The van der Waals surface area contributed by atoms with Crippen LogP contribution in [0.4, 0.5) is 4.39 Å². The number of hydrogen-bond donors (Lipinski definition) is 2. The molecule has 2 N–H and O–H groups in total. The number of hydrogen-bond acceptors (Lipinski definition) is 5. The van der Waals surface area contributed by atoms with E-state index in [0.717, 1.165) is 48.9 Å². The predicted octanol–water partition coefficient (Wildman–Crippen LogP) is 6.41. The molecule has 0 atom stereocenters. The van der Waals surface area contributed by atoms with Gasteiger partial charge >= 0.3 is 0 Å². The molecule has 2 fully saturated rings. The molecule has 1 aliphatic heterocycles. The van der Waals surface area contributed by atoms with E-state index in [9.17, 15) is 23.6 Å². The topological polar surface area (TPSA) is 109 Å². The molecule has 10 heteroatoms. The van der Waals surface area contributed by atoms with Crippen molar-refractivity contribution < 1.29 is 23.2 Å². The van der Waals surface area contributed by atoms with Gasteiger partial charge in [0.25, 0.3) is 5.91 Å². The largest absolute Gasteiger partial charge is 0.451 e. The van der Waals surface area contributed by atoms with Crippen molar-refractivity contribution in [2.75, 3.05) is 19.6 Å². The van der Waals surface area contributed by atoms with Crippen LogP contribution in [0.15, 0.2) is 57.7 Å². The Kier molecular flexibility index (Phi) is 11.1. The fourth-order valence-corrected chi connectivity index (χ4v) is 6.35. The Morgan fingerprint density at radius 3 is 2.24 bits per heavy atom. The molecule has 0 bridgehead atoms. The fourth-order valence-electron chi connectivity index (χ4n) is 6.22. The van der Waals surface area contributed by atoms with Gasteiger partial charge in [-0.15, -0.1) is 0 Å². The van der Waals surface area contributed by atoms with Crippen LogP contribution < -0.4 is 16.1 Å². The van der Waals surface area contributed by atoms with Crippen LogP contribution in [0.5, 0.6) is 0 Å². The Morgan fingerprint density at radius 2 is 1.64 bits per heavy atom. The average Bonchev–Trinajstić information content (AvgIpc) is 3.01. The molecule has 0 radical (unpaired) electrons. The Labute approximate surface area is 268 Å². The Morgan fingerprint density at radius 1 is 1.00 bits per heavy atom. The lowest BCUT2D eigenvalue weighted by atomic mass is 9.63. The normalized spacial score (nSPS) is 16.8. The number of carbonyl (C=O) groups is 3. The van der Waals surface area contributed by atoms with Crippen LogP contribution in [-0.4, -0.2) is 47.8 Å². The van der Waals surface area contributed by atoms with Gasteiger partial charge in [0.1, 0.15) is 11.4 Å². The molecule has 1 aliphatic carbocycles. The maximum atomic E-state index is 13.5. The fraction of sp³-hybridized carbons (Fsp3) is 0.486. The first-order chi connectivity index (χ1) is 21.3. The second-order valence-electron chi connectivity index (χ2n) is 13.2. The second-order valence-corrected chi connectivity index (χ2v) is 13.6. The van der Waals surface area contributed by atoms with E-state index < -0.39 is 22.6 Å². The third-order valence-electron chi connectivity index (χ3n) is 8.66. The van der Waals surface area contributed by atoms with Crippen LogP contribution in [0, 0.1) is 24.1 Å². The van der Waals surface area contributed by atoms with Crippen molar-refractivity contribution in [2.45, 2.75) is 78.2 Å². The summed E-state index contributed by atoms with van der Waals surface area (Å²) in [4.78, 5) is 52.9. The molecule has 1 saturated heterocycles. The quantitative estimate of drug-likeness (QED) is 0.335. The zero-order valence-electron chi connectivity index (χ0n) is 26.5. The molecule has 2 aliphatic rings. The molecule has 3 aromatic rings. The molecule has 2 heterocycles. The first-order valence-electron chi connectivity index (χ1n) is 15.6. The van der Waals surface area contributed by atoms with E-state index in [1.165, 1.54) is 18.1 Å². The summed E-state index contributed by atoms with van der Waals surface area (Å²) in [6.07, 6.45) is 6.71. The van der Waals surface area contributed by atoms with E-state index in [-0.39, 0.29) is 40.6 Å². The van der Waals surface area contributed by atoms with Crippen LogP contribution in [0.25, 0.3) is 11.0 Å². The van der Waals surface area contributed by atoms with Crippen molar-refractivity contribution in [2.24, 2.45) is 11.3 Å². The van der Waals surface area contributed by atoms with Gasteiger partial charge in [-0.2, -0.15) is 0 Å². The van der Waals surface area contributed by atoms with E-state index >= 15 is 0 Å². The Hall–Kier alpha value is -3.72. The molecule has 1 saturated carbocycles. The number of piperidine rings is 1. The molecular formula is C35H43ClFN3O5. The van der Waals surface area contributed by atoms with Crippen LogP contribution >= 0.6 is 11.6 Å². The lowest BCUT2D eigenvalue weighted by Crippen LogP contribution is -2.57. The number of aryl methyl sites for hydroxylation is 1. The van der Waals surface area contributed by atoms with Crippen molar-refractivity contribution >= 4 is 40.3 Å². The minimum atomic E-state index is -0.699. The smallest absolute Gasteiger partial charge is 0.287 e. The first-order valence-corrected chi connectivity index (χ1v) is 16.0. The number of carbonyl (C=O) groups excluding carboxylic acids is 3. The van der Waals surface area contributed by atoms with Gasteiger partial charge in [-0.1, -0.05) is 48.6 Å². The number of fused-ring (bicyclic) bond motifs is 1. The monoisotopic (exact) mass is 639 g/mol. The summed E-state index contributed by atoms with van der Waals surface area (Å²) in [6.45, 7) is 8.62. The van der Waals surface area contributed by atoms with Crippen LogP contribution in [0.2, 0.25) is 5.02 Å². The number of rotatable bonds is 5. The minimum absolute atomic E-state index is 0.0397. The third-order valence-corrected chi connectivity index (χ3v) is 8.91. The van der Waals surface area contributed by atoms with E-state index in [2.05, 4.69) is 10.6 Å². The summed E-state index contributed by atoms with van der Waals surface area (Å²) in [7, 11) is 0. The first kappa shape index (κ1) is 34.2. The predicted molar refractivity (Wildman–Crippen MR) is 174 cm³/mol. The number of likely N-dealkylation sites (tertiary alicyclic amines) is 1. The highest BCUT2D eigenvalue weighted by atomic mass is 35.5. The van der Waals surface area contributed by atoms with Gasteiger partial charge in [0, 0.05) is 29.7 Å². The molecule has 5 rings (SSSR count). The molecule has 1 aromatic heterocycles. The highest BCUT2D eigenvalue weighted by Gasteiger charge is 2.48. The van der Waals surface area contributed by atoms with Crippen molar-refractivity contribution in [1.82, 2.24) is 15.5 Å². The van der Waals surface area contributed by atoms with Gasteiger partial charge < -0.3 is 20.0 Å². The second kappa shape index (κ2) is 14.6. The average molecular weight is 640 g/mol. The highest BCUT2D eigenvalue weighted by molar-refractivity contribution is 6.30. The van der Waals surface area contributed by atoms with Crippen molar-refractivity contribution in [3.05, 3.63) is 80.9 Å². The number of halogens is 2. The summed E-state index contributed by atoms with van der Waals surface area (Å²) in [6, 6.07) is 12.2. The van der Waals surface area contributed by atoms with E-state index in [1.807, 2.05) is 52.0 Å². The maximum absolute atomic E-state index is 13.5. The van der Waals surface area contributed by atoms with Gasteiger partial charge in [-0.3, -0.25) is 19.2 Å². The molecule has 242 valence electrons. The van der Waals surface area contributed by atoms with Gasteiger partial charge in [0.05, 0.1) is 17.3 Å². The molecular weight excluding hydrogens is 597 g/mol. The molecule has 3 amide bonds. The maximum Gasteiger partial charge on any atom is 0.287 e. The third kappa shape index (κ3) is 8.93. The van der Waals surface area contributed by atoms with E-state index in [1.54, 1.807) is 4.90 Å². The van der Waals surface area contributed by atoms with E-state index in [4.69, 9.17) is 16.0 Å². The standard InChI is InChI=1S/C28H36FN3O5.C7H7Cl/c1-27(2,3)31-26(36)28(18-7-5-4-6-8-18)11-13-32(14-12-28)24(34)17-30-25(35)23-16-21(33)20-15-19(29)9-10-22(20)37-23;1-6-2-4-7(8)5-3-6/h9-10,15-16,18H,4-8,11-14,17H2,1-3H3,(H,30,35)(H,31,36);2-5H,1H3. The summed E-state index contributed by atoms with van der Waals surface area (Å²) in [5, 5.41) is 6.56. The lowest BCUT2D eigenvalue weighted by molar-refractivity contribution is -0.145. The summed E-state index contributed by atoms with van der Waals surface area (Å²) in [5.74, 6) is -1.39. The summed E-state index contributed by atoms with van der Waals surface area (Å²) in [5.41, 5.74) is -0.0203. The summed E-state index contributed by atoms with van der Waals surface area (Å²) < 4.78 is 18.9. The van der Waals surface area contributed by atoms with E-state index in [0.29, 0.717) is 31.8 Å². The molecule has 8 nitrogen and oxygen atoms in total. The Bertz CT molecular complexity index is 1550. The number of nitrogens with zero attached hydrogens (tertiary/aromatic N) is 1. The SMILES string of the molecule is CC(C)(C)NC(=O)C1(C2CCCCC2)CCN(C(=O)CNC(=O)c2cc(=O)c3cc(F)ccc3o2)CC1.Cc1ccc(Cl)cc1. The minimum Gasteiger partial charge on any atom is -0.451 e. The van der Waals surface area contributed by atoms with Gasteiger partial charge in [-0.05, 0) is 89.6 Å². The number of nitrogens with one attached hydrogen (secondary N) is 2. The number of benzene rings is 2. The zero-order chi connectivity index (χ0) is 32.8. The van der Waals surface area contributed by atoms with Crippen LogP contribution in [0.3, 0.4) is 0 Å². The molecule has 2 aromatic carbocycles. The lowest BCUT2D eigenvalue weighted by Gasteiger charge is -2.47. The molecule has 0 spiro atoms. The van der Waals surface area contributed by atoms with Crippen LogP contribution in [-0.2, 0) is 9.59 Å². The Balaban J connectivity index is 0.000000501. The number of amides is 3.